The molecule has 12 heteroatoms. The maximum Gasteiger partial charge on any atom is 0.272 e. The fraction of sp³-hybridized carbons (Fsp3) is 0.385. The van der Waals surface area contributed by atoms with E-state index in [0.29, 0.717) is 17.7 Å². The summed E-state index contributed by atoms with van der Waals surface area (Å²) in [6, 6.07) is 8.38. The zero-order valence-corrected chi connectivity index (χ0v) is 23.3. The van der Waals surface area contributed by atoms with Crippen LogP contribution in [0.15, 0.2) is 41.3 Å². The number of non-ortho nitro benzene ring substituents is 1. The number of aryl methyl sites for hydroxylation is 1. The molecular formula is C26H33N5O6S. The van der Waals surface area contributed by atoms with Crippen molar-refractivity contribution >= 4 is 21.6 Å². The molecule has 1 unspecified atom stereocenters. The summed E-state index contributed by atoms with van der Waals surface area (Å²) >= 11 is 0. The Morgan fingerprint density at radius 2 is 1.82 bits per heavy atom. The van der Waals surface area contributed by atoms with E-state index in [1.165, 1.54) is 10.7 Å². The number of sulfonamides is 1. The van der Waals surface area contributed by atoms with Gasteiger partial charge in [-0.25, -0.2) is 13.1 Å². The van der Waals surface area contributed by atoms with Crippen LogP contribution in [0.3, 0.4) is 0 Å². The number of hydrogen-bond donors (Lipinski definition) is 2. The Morgan fingerprint density at radius 1 is 1.13 bits per heavy atom. The summed E-state index contributed by atoms with van der Waals surface area (Å²) in [5.74, 6) is -0.445. The minimum Gasteiger partial charge on any atom is -0.437 e. The quantitative estimate of drug-likeness (QED) is 0.278. The van der Waals surface area contributed by atoms with Crippen LogP contribution in [-0.2, 0) is 10.0 Å². The maximum atomic E-state index is 13.3. The number of benzene rings is 2. The molecule has 2 aromatic carbocycles. The van der Waals surface area contributed by atoms with E-state index in [4.69, 9.17) is 4.74 Å². The Bertz CT molecular complexity index is 1480. The Balaban J connectivity index is 2.26. The first-order valence-corrected chi connectivity index (χ1v) is 13.7. The molecule has 0 fully saturated rings. The number of aromatic nitrogens is 2. The number of hydrogen-bond acceptors (Lipinski definition) is 7. The van der Waals surface area contributed by atoms with Gasteiger partial charge in [-0.05, 0) is 71.2 Å². The molecule has 2 N–H and O–H groups in total. The first kappa shape index (κ1) is 28.8. The second kappa shape index (κ2) is 11.3. The fourth-order valence-corrected chi connectivity index (χ4v) is 5.17. The van der Waals surface area contributed by atoms with Crippen LogP contribution in [0.2, 0.25) is 0 Å². The summed E-state index contributed by atoms with van der Waals surface area (Å²) in [6.45, 7) is 12.6. The van der Waals surface area contributed by atoms with E-state index in [1.807, 2.05) is 52.8 Å². The van der Waals surface area contributed by atoms with Gasteiger partial charge in [0.25, 0.3) is 11.6 Å². The van der Waals surface area contributed by atoms with E-state index in [1.54, 1.807) is 13.8 Å². The lowest BCUT2D eigenvalue weighted by Crippen LogP contribution is -2.32. The van der Waals surface area contributed by atoms with Crippen molar-refractivity contribution in [1.82, 2.24) is 19.8 Å². The average Bonchev–Trinajstić information content (AvgIpc) is 3.16. The highest BCUT2D eigenvalue weighted by Crippen LogP contribution is 2.36. The molecule has 0 aliphatic heterocycles. The van der Waals surface area contributed by atoms with Gasteiger partial charge in [0.15, 0.2) is 5.69 Å². The van der Waals surface area contributed by atoms with Crippen molar-refractivity contribution in [3.05, 3.63) is 68.9 Å². The predicted molar refractivity (Wildman–Crippen MR) is 144 cm³/mol. The maximum absolute atomic E-state index is 13.3. The first-order valence-electron chi connectivity index (χ1n) is 12.2. The normalized spacial score (nSPS) is 12.4. The Hall–Kier alpha value is -3.77. The molecule has 0 saturated carbocycles. The van der Waals surface area contributed by atoms with E-state index in [0.717, 1.165) is 23.3 Å². The second-order valence-electron chi connectivity index (χ2n) is 9.46. The highest BCUT2D eigenvalue weighted by molar-refractivity contribution is 7.89. The van der Waals surface area contributed by atoms with E-state index in [-0.39, 0.29) is 23.4 Å². The van der Waals surface area contributed by atoms with Crippen LogP contribution in [0.25, 0.3) is 5.69 Å². The Kier molecular flexibility index (Phi) is 8.58. The molecule has 11 nitrogen and oxygen atoms in total. The molecule has 204 valence electrons. The summed E-state index contributed by atoms with van der Waals surface area (Å²) in [5.41, 5.74) is 2.57. The zero-order chi connectivity index (χ0) is 28.4. The van der Waals surface area contributed by atoms with Crippen molar-refractivity contribution in [3.63, 3.8) is 0 Å². The monoisotopic (exact) mass is 543 g/mol. The minimum absolute atomic E-state index is 0.110. The molecule has 0 bridgehead atoms. The molecule has 1 atom stereocenters. The Labute approximate surface area is 222 Å². The third kappa shape index (κ3) is 6.03. The number of ether oxygens (including phenoxy) is 1. The first-order chi connectivity index (χ1) is 17.8. The number of nitrogens with zero attached hydrogens (tertiary/aromatic N) is 3. The van der Waals surface area contributed by atoms with Gasteiger partial charge in [-0.3, -0.25) is 14.9 Å². The SMILES string of the molecule is CCC(C)NS(=O)(=O)c1cc([N+](=O)[O-])ccc1Oc1c(C)c(C(=O)NC(C)C)nn1-c1cccc(C)c1C. The van der Waals surface area contributed by atoms with Gasteiger partial charge in [-0.2, -0.15) is 9.78 Å². The minimum atomic E-state index is -4.20. The van der Waals surface area contributed by atoms with Gasteiger partial charge in [0.2, 0.25) is 15.9 Å². The van der Waals surface area contributed by atoms with Gasteiger partial charge in [0.05, 0.1) is 10.6 Å². The largest absolute Gasteiger partial charge is 0.437 e. The number of carbonyl (C=O) groups excluding carboxylic acids is 1. The number of carbonyl (C=O) groups is 1. The van der Waals surface area contributed by atoms with Crippen LogP contribution in [0.5, 0.6) is 11.6 Å². The van der Waals surface area contributed by atoms with Crippen molar-refractivity contribution in [2.24, 2.45) is 0 Å². The van der Waals surface area contributed by atoms with Crippen LogP contribution in [0.4, 0.5) is 5.69 Å². The van der Waals surface area contributed by atoms with E-state index in [9.17, 15) is 23.3 Å². The average molecular weight is 544 g/mol. The van der Waals surface area contributed by atoms with Crippen molar-refractivity contribution < 1.29 is 22.9 Å². The van der Waals surface area contributed by atoms with Gasteiger partial charge >= 0.3 is 0 Å². The standard InChI is InChI=1S/C26H33N5O6S/c1-8-17(5)29-38(35,36)23-14-20(31(33)34)12-13-22(23)37-26-19(7)24(25(32)27-15(2)3)28-30(26)21-11-9-10-16(4)18(21)6/h9-15,17,29H,8H2,1-7H3,(H,27,32). The summed E-state index contributed by atoms with van der Waals surface area (Å²) in [6.07, 6.45) is 0.511. The molecular weight excluding hydrogens is 510 g/mol. The van der Waals surface area contributed by atoms with Crippen LogP contribution < -0.4 is 14.8 Å². The lowest BCUT2D eigenvalue weighted by atomic mass is 10.1. The predicted octanol–water partition coefficient (Wildman–Crippen LogP) is 4.71. The molecule has 38 heavy (non-hydrogen) atoms. The van der Waals surface area contributed by atoms with Gasteiger partial charge in [-0.1, -0.05) is 19.1 Å². The molecule has 3 aromatic rings. The van der Waals surface area contributed by atoms with Crippen molar-refractivity contribution in [2.75, 3.05) is 0 Å². The van der Waals surface area contributed by atoms with E-state index in [2.05, 4.69) is 15.1 Å². The Morgan fingerprint density at radius 3 is 2.42 bits per heavy atom. The molecule has 0 saturated heterocycles. The lowest BCUT2D eigenvalue weighted by Gasteiger charge is -2.17. The third-order valence-electron chi connectivity index (χ3n) is 6.11. The topological polar surface area (TPSA) is 145 Å². The van der Waals surface area contributed by atoms with Crippen LogP contribution in [-0.4, -0.2) is 41.1 Å². The lowest BCUT2D eigenvalue weighted by molar-refractivity contribution is -0.385. The van der Waals surface area contributed by atoms with Crippen molar-refractivity contribution in [3.8, 4) is 17.3 Å². The smallest absolute Gasteiger partial charge is 0.272 e. The van der Waals surface area contributed by atoms with Gasteiger partial charge < -0.3 is 10.1 Å². The molecule has 0 aliphatic rings. The summed E-state index contributed by atoms with van der Waals surface area (Å²) in [7, 11) is -4.20. The highest BCUT2D eigenvalue weighted by atomic mass is 32.2. The molecule has 1 aromatic heterocycles. The number of nitro groups is 1. The van der Waals surface area contributed by atoms with Crippen LogP contribution in [0, 0.1) is 30.9 Å². The van der Waals surface area contributed by atoms with Gasteiger partial charge in [-0.15, -0.1) is 0 Å². The third-order valence-corrected chi connectivity index (χ3v) is 7.72. The van der Waals surface area contributed by atoms with Crippen molar-refractivity contribution in [2.45, 2.75) is 71.9 Å². The number of nitrogens with one attached hydrogen (secondary N) is 2. The number of rotatable bonds is 10. The van der Waals surface area contributed by atoms with E-state index >= 15 is 0 Å². The summed E-state index contributed by atoms with van der Waals surface area (Å²) < 4.78 is 36.7. The number of amides is 1. The second-order valence-corrected chi connectivity index (χ2v) is 11.1. The summed E-state index contributed by atoms with van der Waals surface area (Å²) in [5, 5.41) is 18.8. The summed E-state index contributed by atoms with van der Waals surface area (Å²) in [4.78, 5) is 23.3. The number of nitro benzene ring substituents is 1. The van der Waals surface area contributed by atoms with E-state index < -0.39 is 37.5 Å². The highest BCUT2D eigenvalue weighted by Gasteiger charge is 2.29. The molecule has 1 heterocycles. The van der Waals surface area contributed by atoms with Gasteiger partial charge in [0, 0.05) is 29.8 Å². The fourth-order valence-electron chi connectivity index (χ4n) is 3.70. The molecule has 1 amide bonds. The molecule has 0 aliphatic carbocycles. The van der Waals surface area contributed by atoms with Gasteiger partial charge in [0.1, 0.15) is 10.6 Å². The molecule has 0 radical (unpaired) electrons. The van der Waals surface area contributed by atoms with Crippen LogP contribution >= 0.6 is 0 Å². The van der Waals surface area contributed by atoms with Crippen LogP contribution in [0.1, 0.15) is 61.3 Å². The zero-order valence-electron chi connectivity index (χ0n) is 22.5. The van der Waals surface area contributed by atoms with Crippen molar-refractivity contribution in [1.29, 1.82) is 0 Å². The molecule has 3 rings (SSSR count). The molecule has 0 spiro atoms.